The van der Waals surface area contributed by atoms with Crippen LogP contribution in [0.5, 0.6) is 0 Å². The van der Waals surface area contributed by atoms with Crippen LogP contribution in [0.3, 0.4) is 0 Å². The van der Waals surface area contributed by atoms with Crippen molar-refractivity contribution in [2.24, 2.45) is 0 Å². The molecule has 0 fully saturated rings. The van der Waals surface area contributed by atoms with Crippen molar-refractivity contribution in [2.45, 2.75) is 26.8 Å². The fraction of sp³-hybridized carbons (Fsp3) is 0.438. The number of aromatic nitrogens is 1. The first-order chi connectivity index (χ1) is 9.61. The molecule has 0 bridgehead atoms. The van der Waals surface area contributed by atoms with Crippen molar-refractivity contribution in [1.82, 2.24) is 10.3 Å². The molecule has 0 spiro atoms. The zero-order valence-electron chi connectivity index (χ0n) is 12.6. The molecule has 2 aromatic rings. The third kappa shape index (κ3) is 3.66. The van der Waals surface area contributed by atoms with E-state index in [9.17, 15) is 0 Å². The number of ether oxygens (including phenoxy) is 1. The highest BCUT2D eigenvalue weighted by atomic mass is 32.1. The van der Waals surface area contributed by atoms with E-state index in [0.717, 1.165) is 17.2 Å². The van der Waals surface area contributed by atoms with Crippen LogP contribution in [-0.2, 0) is 4.74 Å². The normalized spacial score (nSPS) is 12.6. The molecule has 1 unspecified atom stereocenters. The Morgan fingerprint density at radius 3 is 2.70 bits per heavy atom. The van der Waals surface area contributed by atoms with E-state index in [2.05, 4.69) is 50.4 Å². The van der Waals surface area contributed by atoms with Gasteiger partial charge in [-0.2, -0.15) is 0 Å². The van der Waals surface area contributed by atoms with Gasteiger partial charge >= 0.3 is 0 Å². The summed E-state index contributed by atoms with van der Waals surface area (Å²) in [6.07, 6.45) is 0. The van der Waals surface area contributed by atoms with Gasteiger partial charge in [-0.05, 0) is 26.3 Å². The Morgan fingerprint density at radius 2 is 2.10 bits per heavy atom. The number of nitrogens with one attached hydrogen (secondary N) is 1. The predicted octanol–water partition coefficient (Wildman–Crippen LogP) is 3.39. The van der Waals surface area contributed by atoms with Gasteiger partial charge in [-0.15, -0.1) is 11.3 Å². The number of rotatable bonds is 6. The molecular formula is C16H22N2OS. The Bertz CT molecular complexity index is 546. The lowest BCUT2D eigenvalue weighted by atomic mass is 10.0. The van der Waals surface area contributed by atoms with E-state index in [1.807, 2.05) is 0 Å². The average molecular weight is 290 g/mol. The van der Waals surface area contributed by atoms with Crippen LogP contribution in [0, 0.1) is 20.8 Å². The molecule has 20 heavy (non-hydrogen) atoms. The molecule has 0 saturated heterocycles. The maximum Gasteiger partial charge on any atom is 0.115 e. The summed E-state index contributed by atoms with van der Waals surface area (Å²) in [7, 11) is 1.72. The molecule has 0 saturated carbocycles. The summed E-state index contributed by atoms with van der Waals surface area (Å²) in [5.74, 6) is 0. The monoisotopic (exact) mass is 290 g/mol. The second-order valence-corrected chi connectivity index (χ2v) is 6.22. The standard InChI is InChI=1S/C16H22N2OS/c1-11-6-5-7-14(10-11)15(17-8-9-19-4)16-18-12(2)13(3)20-16/h5-7,10,15,17H,8-9H2,1-4H3. The van der Waals surface area contributed by atoms with E-state index in [-0.39, 0.29) is 6.04 Å². The molecule has 0 amide bonds. The van der Waals surface area contributed by atoms with Crippen molar-refractivity contribution in [2.75, 3.05) is 20.3 Å². The topological polar surface area (TPSA) is 34.1 Å². The van der Waals surface area contributed by atoms with Crippen molar-refractivity contribution >= 4 is 11.3 Å². The molecule has 1 aromatic carbocycles. The zero-order chi connectivity index (χ0) is 14.5. The Kier molecular flexibility index (Phi) is 5.29. The molecule has 1 atom stereocenters. The fourth-order valence-corrected chi connectivity index (χ4v) is 3.15. The minimum absolute atomic E-state index is 0.141. The SMILES string of the molecule is COCCNC(c1cccc(C)c1)c1nc(C)c(C)s1. The average Bonchev–Trinajstić information content (AvgIpc) is 2.74. The molecule has 4 heteroatoms. The number of nitrogens with zero attached hydrogens (tertiary/aromatic N) is 1. The van der Waals surface area contributed by atoms with E-state index in [1.165, 1.54) is 16.0 Å². The van der Waals surface area contributed by atoms with Crippen molar-refractivity contribution in [3.63, 3.8) is 0 Å². The third-order valence-corrected chi connectivity index (χ3v) is 4.46. The lowest BCUT2D eigenvalue weighted by Crippen LogP contribution is -2.26. The summed E-state index contributed by atoms with van der Waals surface area (Å²) in [5, 5.41) is 4.67. The number of thiazole rings is 1. The lowest BCUT2D eigenvalue weighted by Gasteiger charge is -2.17. The molecule has 3 nitrogen and oxygen atoms in total. The summed E-state index contributed by atoms with van der Waals surface area (Å²) < 4.78 is 5.14. The number of aryl methyl sites for hydroxylation is 3. The first-order valence-corrected chi connectivity index (χ1v) is 7.66. The highest BCUT2D eigenvalue weighted by Crippen LogP contribution is 2.28. The van der Waals surface area contributed by atoms with Gasteiger partial charge in [0.25, 0.3) is 0 Å². The maximum atomic E-state index is 5.14. The number of hydrogen-bond donors (Lipinski definition) is 1. The molecule has 108 valence electrons. The number of methoxy groups -OCH3 is 1. The van der Waals surface area contributed by atoms with Crippen LogP contribution in [0.1, 0.15) is 32.7 Å². The highest BCUT2D eigenvalue weighted by Gasteiger charge is 2.18. The van der Waals surface area contributed by atoms with Gasteiger partial charge in [-0.3, -0.25) is 0 Å². The molecule has 1 N–H and O–H groups in total. The van der Waals surface area contributed by atoms with Gasteiger partial charge in [-0.1, -0.05) is 29.8 Å². The van der Waals surface area contributed by atoms with Crippen LogP contribution in [-0.4, -0.2) is 25.2 Å². The Balaban J connectivity index is 2.28. The highest BCUT2D eigenvalue weighted by molar-refractivity contribution is 7.11. The van der Waals surface area contributed by atoms with Crippen molar-refractivity contribution < 1.29 is 4.74 Å². The molecule has 1 heterocycles. The van der Waals surface area contributed by atoms with Gasteiger partial charge in [0.05, 0.1) is 18.3 Å². The van der Waals surface area contributed by atoms with Gasteiger partial charge in [0.2, 0.25) is 0 Å². The van der Waals surface area contributed by atoms with Gasteiger partial charge in [0, 0.05) is 18.5 Å². The predicted molar refractivity (Wildman–Crippen MR) is 84.5 cm³/mol. The second-order valence-electron chi connectivity index (χ2n) is 4.99. The molecule has 0 aliphatic heterocycles. The van der Waals surface area contributed by atoms with Gasteiger partial charge in [-0.25, -0.2) is 4.98 Å². The van der Waals surface area contributed by atoms with Crippen LogP contribution in [0.15, 0.2) is 24.3 Å². The molecule has 2 rings (SSSR count). The molecular weight excluding hydrogens is 268 g/mol. The van der Waals surface area contributed by atoms with Crippen molar-refractivity contribution in [3.05, 3.63) is 51.0 Å². The Labute approximate surface area is 125 Å². The number of hydrogen-bond acceptors (Lipinski definition) is 4. The smallest absolute Gasteiger partial charge is 0.115 e. The van der Waals surface area contributed by atoms with Gasteiger partial charge in [0.1, 0.15) is 5.01 Å². The van der Waals surface area contributed by atoms with Crippen LogP contribution < -0.4 is 5.32 Å². The van der Waals surface area contributed by atoms with Crippen LogP contribution in [0.4, 0.5) is 0 Å². The minimum atomic E-state index is 0.141. The van der Waals surface area contributed by atoms with E-state index < -0.39 is 0 Å². The third-order valence-electron chi connectivity index (χ3n) is 3.32. The van der Waals surface area contributed by atoms with Gasteiger partial charge < -0.3 is 10.1 Å². The lowest BCUT2D eigenvalue weighted by molar-refractivity contribution is 0.197. The van der Waals surface area contributed by atoms with E-state index in [4.69, 9.17) is 9.72 Å². The quantitative estimate of drug-likeness (QED) is 0.828. The van der Waals surface area contributed by atoms with E-state index in [1.54, 1.807) is 18.4 Å². The molecule has 1 aromatic heterocycles. The van der Waals surface area contributed by atoms with Crippen LogP contribution in [0.2, 0.25) is 0 Å². The van der Waals surface area contributed by atoms with Crippen LogP contribution >= 0.6 is 11.3 Å². The van der Waals surface area contributed by atoms with Crippen molar-refractivity contribution in [3.8, 4) is 0 Å². The Morgan fingerprint density at radius 1 is 1.30 bits per heavy atom. The summed E-state index contributed by atoms with van der Waals surface area (Å²) in [6, 6.07) is 8.74. The first-order valence-electron chi connectivity index (χ1n) is 6.84. The molecule has 0 aliphatic rings. The Hall–Kier alpha value is -1.23. The van der Waals surface area contributed by atoms with E-state index >= 15 is 0 Å². The second kappa shape index (κ2) is 6.97. The summed E-state index contributed by atoms with van der Waals surface area (Å²) >= 11 is 1.77. The molecule has 0 aliphatic carbocycles. The largest absolute Gasteiger partial charge is 0.383 e. The van der Waals surface area contributed by atoms with Crippen molar-refractivity contribution in [1.29, 1.82) is 0 Å². The molecule has 0 radical (unpaired) electrons. The maximum absolute atomic E-state index is 5.14. The van der Waals surface area contributed by atoms with E-state index in [0.29, 0.717) is 6.61 Å². The van der Waals surface area contributed by atoms with Gasteiger partial charge in [0.15, 0.2) is 0 Å². The fourth-order valence-electron chi connectivity index (χ4n) is 2.12. The summed E-state index contributed by atoms with van der Waals surface area (Å²) in [5.41, 5.74) is 3.65. The summed E-state index contributed by atoms with van der Waals surface area (Å²) in [4.78, 5) is 5.99. The van der Waals surface area contributed by atoms with Crippen LogP contribution in [0.25, 0.3) is 0 Å². The number of benzene rings is 1. The summed E-state index contributed by atoms with van der Waals surface area (Å²) in [6.45, 7) is 7.82. The minimum Gasteiger partial charge on any atom is -0.383 e. The first kappa shape index (κ1) is 15.2. The zero-order valence-corrected chi connectivity index (χ0v) is 13.4.